The molecule has 140 valence electrons. The summed E-state index contributed by atoms with van der Waals surface area (Å²) >= 11 is 5.96. The molecule has 1 fully saturated rings. The SMILES string of the molecule is CCN1CCCC(CNC(=O)NCC(c2ccc(Cl)cc2)N(C)C)C1. The summed E-state index contributed by atoms with van der Waals surface area (Å²) in [6, 6.07) is 7.82. The topological polar surface area (TPSA) is 47.6 Å². The molecule has 2 amide bonds. The first kappa shape index (κ1) is 20.0. The minimum Gasteiger partial charge on any atom is -0.338 e. The van der Waals surface area contributed by atoms with Crippen molar-refractivity contribution in [1.82, 2.24) is 20.4 Å². The Morgan fingerprint density at radius 2 is 2.04 bits per heavy atom. The van der Waals surface area contributed by atoms with Crippen LogP contribution in [0.4, 0.5) is 4.79 Å². The van der Waals surface area contributed by atoms with Crippen LogP contribution in [-0.2, 0) is 0 Å². The van der Waals surface area contributed by atoms with E-state index in [0.29, 0.717) is 12.5 Å². The smallest absolute Gasteiger partial charge is 0.314 e. The van der Waals surface area contributed by atoms with Crippen molar-refractivity contribution in [2.75, 3.05) is 46.8 Å². The van der Waals surface area contributed by atoms with Gasteiger partial charge in [-0.15, -0.1) is 0 Å². The second kappa shape index (κ2) is 10.00. The highest BCUT2D eigenvalue weighted by atomic mass is 35.5. The molecule has 0 aliphatic carbocycles. The molecule has 2 rings (SSSR count). The van der Waals surface area contributed by atoms with Gasteiger partial charge < -0.3 is 20.4 Å². The van der Waals surface area contributed by atoms with Gasteiger partial charge in [0, 0.05) is 24.7 Å². The zero-order chi connectivity index (χ0) is 18.2. The van der Waals surface area contributed by atoms with Crippen molar-refractivity contribution in [3.8, 4) is 0 Å². The highest BCUT2D eigenvalue weighted by Gasteiger charge is 2.20. The Bertz CT molecular complexity index is 535. The fourth-order valence-electron chi connectivity index (χ4n) is 3.38. The lowest BCUT2D eigenvalue weighted by Gasteiger charge is -2.32. The number of amides is 2. The van der Waals surface area contributed by atoms with Crippen LogP contribution in [0, 0.1) is 5.92 Å². The first-order valence-electron chi connectivity index (χ1n) is 9.15. The molecule has 2 N–H and O–H groups in total. The Morgan fingerprint density at radius 1 is 1.32 bits per heavy atom. The number of nitrogens with zero attached hydrogens (tertiary/aromatic N) is 2. The summed E-state index contributed by atoms with van der Waals surface area (Å²) in [7, 11) is 4.03. The minimum absolute atomic E-state index is 0.0885. The number of hydrogen-bond donors (Lipinski definition) is 2. The van der Waals surface area contributed by atoms with Crippen LogP contribution in [0.15, 0.2) is 24.3 Å². The molecular formula is C19H31ClN4O. The van der Waals surface area contributed by atoms with Gasteiger partial charge >= 0.3 is 6.03 Å². The van der Waals surface area contributed by atoms with Gasteiger partial charge in [-0.1, -0.05) is 30.7 Å². The van der Waals surface area contributed by atoms with Crippen molar-refractivity contribution < 1.29 is 4.79 Å². The van der Waals surface area contributed by atoms with E-state index in [2.05, 4.69) is 27.4 Å². The van der Waals surface area contributed by atoms with Crippen LogP contribution in [0.5, 0.6) is 0 Å². The minimum atomic E-state index is -0.0885. The maximum Gasteiger partial charge on any atom is 0.314 e. The Morgan fingerprint density at radius 3 is 2.68 bits per heavy atom. The average Bonchev–Trinajstić information content (AvgIpc) is 2.61. The summed E-state index contributed by atoms with van der Waals surface area (Å²) in [5.74, 6) is 0.556. The fourth-order valence-corrected chi connectivity index (χ4v) is 3.50. The second-order valence-electron chi connectivity index (χ2n) is 7.02. The quantitative estimate of drug-likeness (QED) is 0.779. The number of rotatable bonds is 7. The summed E-state index contributed by atoms with van der Waals surface area (Å²) in [6.07, 6.45) is 2.42. The van der Waals surface area contributed by atoms with E-state index in [4.69, 9.17) is 11.6 Å². The van der Waals surface area contributed by atoms with Crippen LogP contribution in [-0.4, -0.2) is 62.7 Å². The van der Waals surface area contributed by atoms with Crippen LogP contribution in [0.25, 0.3) is 0 Å². The van der Waals surface area contributed by atoms with Gasteiger partial charge in [-0.3, -0.25) is 0 Å². The molecule has 1 aliphatic heterocycles. The van der Waals surface area contributed by atoms with E-state index in [-0.39, 0.29) is 12.1 Å². The molecule has 1 saturated heterocycles. The van der Waals surface area contributed by atoms with Gasteiger partial charge in [0.15, 0.2) is 0 Å². The van der Waals surface area contributed by atoms with Crippen LogP contribution in [0.1, 0.15) is 31.4 Å². The molecule has 1 aromatic rings. The van der Waals surface area contributed by atoms with Crippen molar-refractivity contribution in [2.45, 2.75) is 25.8 Å². The number of piperidine rings is 1. The molecule has 2 unspecified atom stereocenters. The van der Waals surface area contributed by atoms with Gasteiger partial charge in [0.05, 0.1) is 6.04 Å². The Kier molecular flexibility index (Phi) is 8.00. The van der Waals surface area contributed by atoms with Crippen molar-refractivity contribution in [1.29, 1.82) is 0 Å². The van der Waals surface area contributed by atoms with E-state index < -0.39 is 0 Å². The zero-order valence-electron chi connectivity index (χ0n) is 15.6. The summed E-state index contributed by atoms with van der Waals surface area (Å²) in [5.41, 5.74) is 1.14. The van der Waals surface area contributed by atoms with Crippen LogP contribution in [0.3, 0.4) is 0 Å². The molecule has 2 atom stereocenters. The lowest BCUT2D eigenvalue weighted by atomic mass is 9.98. The third-order valence-electron chi connectivity index (χ3n) is 4.94. The van der Waals surface area contributed by atoms with E-state index in [1.165, 1.54) is 19.4 Å². The van der Waals surface area contributed by atoms with Gasteiger partial charge in [-0.25, -0.2) is 4.79 Å². The molecule has 1 heterocycles. The standard InChI is InChI=1S/C19H31ClN4O/c1-4-24-11-5-6-15(14-24)12-21-19(25)22-13-18(23(2)3)16-7-9-17(20)10-8-16/h7-10,15,18H,4-6,11-14H2,1-3H3,(H2,21,22,25). The van der Waals surface area contributed by atoms with Gasteiger partial charge in [-0.2, -0.15) is 0 Å². The highest BCUT2D eigenvalue weighted by molar-refractivity contribution is 6.30. The summed E-state index contributed by atoms with van der Waals surface area (Å²) in [6.45, 7) is 6.86. The predicted molar refractivity (Wildman–Crippen MR) is 104 cm³/mol. The summed E-state index contributed by atoms with van der Waals surface area (Å²) < 4.78 is 0. The molecule has 0 spiro atoms. The first-order valence-corrected chi connectivity index (χ1v) is 9.53. The molecule has 0 aromatic heterocycles. The largest absolute Gasteiger partial charge is 0.338 e. The van der Waals surface area contributed by atoms with Gasteiger partial charge in [0.1, 0.15) is 0 Å². The third-order valence-corrected chi connectivity index (χ3v) is 5.19. The number of benzene rings is 1. The van der Waals surface area contributed by atoms with Gasteiger partial charge in [0.25, 0.3) is 0 Å². The normalized spacial score (nSPS) is 19.6. The lowest BCUT2D eigenvalue weighted by molar-refractivity contribution is 0.178. The Balaban J connectivity index is 1.78. The van der Waals surface area contributed by atoms with Crippen molar-refractivity contribution in [3.63, 3.8) is 0 Å². The molecule has 6 heteroatoms. The van der Waals surface area contributed by atoms with E-state index in [0.717, 1.165) is 30.2 Å². The van der Waals surface area contributed by atoms with E-state index in [1.54, 1.807) is 0 Å². The second-order valence-corrected chi connectivity index (χ2v) is 7.46. The summed E-state index contributed by atoms with van der Waals surface area (Å²) in [4.78, 5) is 16.7. The molecule has 1 aliphatic rings. The van der Waals surface area contributed by atoms with Crippen molar-refractivity contribution >= 4 is 17.6 Å². The van der Waals surface area contributed by atoms with Crippen molar-refractivity contribution in [2.24, 2.45) is 5.92 Å². The zero-order valence-corrected chi connectivity index (χ0v) is 16.4. The Labute approximate surface area is 156 Å². The number of urea groups is 1. The van der Waals surface area contributed by atoms with E-state index in [9.17, 15) is 4.79 Å². The maximum atomic E-state index is 12.2. The van der Waals surface area contributed by atoms with E-state index >= 15 is 0 Å². The molecular weight excluding hydrogens is 336 g/mol. The molecule has 0 saturated carbocycles. The monoisotopic (exact) mass is 366 g/mol. The maximum absolute atomic E-state index is 12.2. The molecule has 5 nitrogen and oxygen atoms in total. The van der Waals surface area contributed by atoms with Gasteiger partial charge in [0.2, 0.25) is 0 Å². The Hall–Kier alpha value is -1.30. The predicted octanol–water partition coefficient (Wildman–Crippen LogP) is 2.97. The first-order chi connectivity index (χ1) is 12.0. The van der Waals surface area contributed by atoms with Crippen molar-refractivity contribution in [3.05, 3.63) is 34.9 Å². The molecule has 25 heavy (non-hydrogen) atoms. The van der Waals surface area contributed by atoms with Gasteiger partial charge in [-0.05, 0) is 63.6 Å². The van der Waals surface area contributed by atoms with Crippen LogP contribution >= 0.6 is 11.6 Å². The number of nitrogens with one attached hydrogen (secondary N) is 2. The van der Waals surface area contributed by atoms with Crippen LogP contribution < -0.4 is 10.6 Å². The molecule has 0 bridgehead atoms. The van der Waals surface area contributed by atoms with Crippen LogP contribution in [0.2, 0.25) is 5.02 Å². The average molecular weight is 367 g/mol. The molecule has 1 aromatic carbocycles. The highest BCUT2D eigenvalue weighted by Crippen LogP contribution is 2.20. The lowest BCUT2D eigenvalue weighted by Crippen LogP contribution is -2.45. The fraction of sp³-hybridized carbons (Fsp3) is 0.632. The number of carbonyl (C=O) groups is 1. The number of hydrogen-bond acceptors (Lipinski definition) is 3. The number of carbonyl (C=O) groups excluding carboxylic acids is 1. The number of likely N-dealkylation sites (N-methyl/N-ethyl adjacent to an activating group) is 1. The summed E-state index contributed by atoms with van der Waals surface area (Å²) in [5, 5.41) is 6.76. The van der Waals surface area contributed by atoms with E-state index in [1.807, 2.05) is 38.4 Å². The number of halogens is 1. The number of likely N-dealkylation sites (tertiary alicyclic amines) is 1. The third kappa shape index (κ3) is 6.49. The molecule has 0 radical (unpaired) electrons.